The molecule has 0 fully saturated rings. The lowest BCUT2D eigenvalue weighted by molar-refractivity contribution is 0.515. The van der Waals surface area contributed by atoms with Gasteiger partial charge in [0.1, 0.15) is 0 Å². The minimum atomic E-state index is 0.555. The molecular formula is C25H25N. The van der Waals surface area contributed by atoms with Crippen molar-refractivity contribution in [3.8, 4) is 0 Å². The maximum Gasteiger partial charge on any atom is 0.0489 e. The van der Waals surface area contributed by atoms with Crippen molar-refractivity contribution in [3.63, 3.8) is 0 Å². The van der Waals surface area contributed by atoms with Gasteiger partial charge in [0.25, 0.3) is 0 Å². The van der Waals surface area contributed by atoms with Crippen LogP contribution in [0, 0.1) is 0 Å². The van der Waals surface area contributed by atoms with E-state index in [1.54, 1.807) is 0 Å². The van der Waals surface area contributed by atoms with Gasteiger partial charge in [-0.2, -0.15) is 0 Å². The lowest BCUT2D eigenvalue weighted by Gasteiger charge is -2.21. The highest BCUT2D eigenvalue weighted by molar-refractivity contribution is 6.07. The van der Waals surface area contributed by atoms with E-state index in [0.29, 0.717) is 6.04 Å². The Morgan fingerprint density at radius 1 is 0.846 bits per heavy atom. The van der Waals surface area contributed by atoms with Gasteiger partial charge >= 0.3 is 0 Å². The summed E-state index contributed by atoms with van der Waals surface area (Å²) in [6.07, 6.45) is 6.85. The van der Waals surface area contributed by atoms with E-state index in [9.17, 15) is 0 Å². The van der Waals surface area contributed by atoms with Crippen LogP contribution in [0.25, 0.3) is 21.7 Å². The van der Waals surface area contributed by atoms with Gasteiger partial charge < -0.3 is 4.57 Å². The molecule has 0 bridgehead atoms. The highest BCUT2D eigenvalue weighted by Gasteiger charge is 2.17. The van der Waals surface area contributed by atoms with Crippen molar-refractivity contribution < 1.29 is 0 Å². The molecule has 5 rings (SSSR count). The Labute approximate surface area is 155 Å². The second-order valence-electron chi connectivity index (χ2n) is 7.82. The first-order chi connectivity index (χ1) is 12.7. The fourth-order valence-electron chi connectivity index (χ4n) is 4.69. The summed E-state index contributed by atoms with van der Waals surface area (Å²) >= 11 is 0. The normalized spacial score (nSPS) is 14.4. The molecule has 0 saturated heterocycles. The maximum absolute atomic E-state index is 2.46. The van der Waals surface area contributed by atoms with Crippen molar-refractivity contribution >= 4 is 21.7 Å². The van der Waals surface area contributed by atoms with E-state index in [1.165, 1.54) is 56.8 Å². The monoisotopic (exact) mass is 339 g/mol. The summed E-state index contributed by atoms with van der Waals surface area (Å²) in [5.41, 5.74) is 7.34. The van der Waals surface area contributed by atoms with Gasteiger partial charge in [-0.05, 0) is 77.4 Å². The van der Waals surface area contributed by atoms with Gasteiger partial charge in [0.2, 0.25) is 0 Å². The van der Waals surface area contributed by atoms with Crippen molar-refractivity contribution in [1.82, 2.24) is 4.57 Å². The van der Waals surface area contributed by atoms with Crippen molar-refractivity contribution in [3.05, 3.63) is 83.0 Å². The lowest BCUT2D eigenvalue weighted by atomic mass is 9.84. The molecule has 4 aromatic rings. The summed E-state index contributed by atoms with van der Waals surface area (Å²) in [5.74, 6) is 0. The van der Waals surface area contributed by atoms with Crippen molar-refractivity contribution in [2.24, 2.45) is 0 Å². The highest BCUT2D eigenvalue weighted by Crippen LogP contribution is 2.34. The summed E-state index contributed by atoms with van der Waals surface area (Å²) < 4.78 is 2.45. The fraction of sp³-hybridized carbons (Fsp3) is 0.280. The molecule has 130 valence electrons. The minimum Gasteiger partial charge on any atom is -0.345 e. The zero-order chi connectivity index (χ0) is 17.7. The van der Waals surface area contributed by atoms with Crippen LogP contribution in [0.2, 0.25) is 0 Å². The molecule has 1 nitrogen and oxygen atoms in total. The Kier molecular flexibility index (Phi) is 3.63. The quantitative estimate of drug-likeness (QED) is 0.347. The second kappa shape index (κ2) is 6.02. The molecular weight excluding hydrogens is 314 g/mol. The highest BCUT2D eigenvalue weighted by atomic mass is 15.0. The summed E-state index contributed by atoms with van der Waals surface area (Å²) in [6, 6.07) is 21.3. The number of hydrogen-bond donors (Lipinski definition) is 0. The Morgan fingerprint density at radius 3 is 2.31 bits per heavy atom. The topological polar surface area (TPSA) is 4.93 Å². The third-order valence-electron chi connectivity index (χ3n) is 6.10. The molecule has 1 aromatic heterocycles. The van der Waals surface area contributed by atoms with Crippen LogP contribution in [-0.2, 0) is 12.8 Å². The zero-order valence-corrected chi connectivity index (χ0v) is 15.6. The number of hydrogen-bond acceptors (Lipinski definition) is 0. The van der Waals surface area contributed by atoms with E-state index in [-0.39, 0.29) is 0 Å². The predicted molar refractivity (Wildman–Crippen MR) is 111 cm³/mol. The van der Waals surface area contributed by atoms with Crippen molar-refractivity contribution in [2.45, 2.75) is 45.6 Å². The standard InChI is InChI=1S/C25H25N/c1-3-6-17(2)26-12-11-23-24-16-22-14-19-8-5-4-7-18(19)13-21(22)15-20(24)9-10-25(23)26/h4-5,7-12,15-17H,3,6,13-14H2,1-2H3. The molecule has 1 unspecified atom stereocenters. The SMILES string of the molecule is CCCC(C)n1ccc2c3cc4c(cc3ccc21)Cc1ccccc1C4. The van der Waals surface area contributed by atoms with Gasteiger partial charge in [0.05, 0.1) is 0 Å². The predicted octanol–water partition coefficient (Wildman–Crippen LogP) is 6.65. The molecule has 0 N–H and O–H groups in total. The van der Waals surface area contributed by atoms with Crippen LogP contribution in [0.1, 0.15) is 55.0 Å². The first kappa shape index (κ1) is 15.7. The van der Waals surface area contributed by atoms with Gasteiger partial charge in [0.15, 0.2) is 0 Å². The van der Waals surface area contributed by atoms with Gasteiger partial charge in [0, 0.05) is 23.1 Å². The van der Waals surface area contributed by atoms with Crippen molar-refractivity contribution in [1.29, 1.82) is 0 Å². The van der Waals surface area contributed by atoms with E-state index < -0.39 is 0 Å². The summed E-state index contributed by atoms with van der Waals surface area (Å²) in [6.45, 7) is 4.60. The van der Waals surface area contributed by atoms with Gasteiger partial charge in [-0.1, -0.05) is 49.7 Å². The van der Waals surface area contributed by atoms with Crippen LogP contribution in [0.3, 0.4) is 0 Å². The number of benzene rings is 3. The molecule has 0 spiro atoms. The molecule has 26 heavy (non-hydrogen) atoms. The molecule has 0 radical (unpaired) electrons. The van der Waals surface area contributed by atoms with E-state index in [4.69, 9.17) is 0 Å². The molecule has 0 amide bonds. The van der Waals surface area contributed by atoms with Crippen LogP contribution in [0.5, 0.6) is 0 Å². The summed E-state index contributed by atoms with van der Waals surface area (Å²) in [4.78, 5) is 0. The van der Waals surface area contributed by atoms with Crippen LogP contribution in [0.4, 0.5) is 0 Å². The van der Waals surface area contributed by atoms with Crippen LogP contribution < -0.4 is 0 Å². The Balaban J connectivity index is 1.67. The molecule has 1 atom stereocenters. The van der Waals surface area contributed by atoms with E-state index in [2.05, 4.69) is 79.2 Å². The molecule has 1 heterocycles. The molecule has 1 aliphatic rings. The zero-order valence-electron chi connectivity index (χ0n) is 15.6. The first-order valence-corrected chi connectivity index (χ1v) is 9.86. The number of aromatic nitrogens is 1. The van der Waals surface area contributed by atoms with E-state index in [1.807, 2.05) is 0 Å². The van der Waals surface area contributed by atoms with Gasteiger partial charge in [-0.25, -0.2) is 0 Å². The van der Waals surface area contributed by atoms with Crippen LogP contribution in [-0.4, -0.2) is 4.57 Å². The average Bonchev–Trinajstić information content (AvgIpc) is 3.09. The Morgan fingerprint density at radius 2 is 1.58 bits per heavy atom. The van der Waals surface area contributed by atoms with Crippen molar-refractivity contribution in [2.75, 3.05) is 0 Å². The molecule has 1 aliphatic carbocycles. The lowest BCUT2D eigenvalue weighted by Crippen LogP contribution is -2.07. The third-order valence-corrected chi connectivity index (χ3v) is 6.10. The number of nitrogens with zero attached hydrogens (tertiary/aromatic N) is 1. The molecule has 3 aromatic carbocycles. The Hall–Kier alpha value is -2.54. The maximum atomic E-state index is 2.46. The number of fused-ring (bicyclic) bond motifs is 5. The van der Waals surface area contributed by atoms with Crippen LogP contribution in [0.15, 0.2) is 60.8 Å². The fourth-order valence-corrected chi connectivity index (χ4v) is 4.69. The van der Waals surface area contributed by atoms with Gasteiger partial charge in [-0.3, -0.25) is 0 Å². The van der Waals surface area contributed by atoms with E-state index in [0.717, 1.165) is 12.8 Å². The molecule has 1 heteroatoms. The van der Waals surface area contributed by atoms with Crippen LogP contribution >= 0.6 is 0 Å². The summed E-state index contributed by atoms with van der Waals surface area (Å²) in [7, 11) is 0. The first-order valence-electron chi connectivity index (χ1n) is 9.86. The Bertz CT molecular complexity index is 1120. The smallest absolute Gasteiger partial charge is 0.0489 e. The minimum absolute atomic E-state index is 0.555. The summed E-state index contributed by atoms with van der Waals surface area (Å²) in [5, 5.41) is 4.17. The number of rotatable bonds is 3. The third kappa shape index (κ3) is 2.38. The largest absolute Gasteiger partial charge is 0.345 e. The van der Waals surface area contributed by atoms with Gasteiger partial charge in [-0.15, -0.1) is 0 Å². The molecule has 0 aliphatic heterocycles. The van der Waals surface area contributed by atoms with E-state index >= 15 is 0 Å². The second-order valence-corrected chi connectivity index (χ2v) is 7.82. The molecule has 0 saturated carbocycles. The average molecular weight is 339 g/mol.